The van der Waals surface area contributed by atoms with Gasteiger partial charge in [0.2, 0.25) is 4.96 Å². The Balaban J connectivity index is 1.89. The summed E-state index contributed by atoms with van der Waals surface area (Å²) in [7, 11) is 0. The predicted molar refractivity (Wildman–Crippen MR) is 70.7 cm³/mol. The van der Waals surface area contributed by atoms with Crippen LogP contribution in [0.15, 0.2) is 30.3 Å². The molecular formula is C12H10F3N5S. The van der Waals surface area contributed by atoms with Gasteiger partial charge in [-0.25, -0.2) is 0 Å². The minimum Gasteiger partial charge on any atom is -0.322 e. The van der Waals surface area contributed by atoms with Gasteiger partial charge in [0.1, 0.15) is 5.01 Å². The molecule has 0 spiro atoms. The maximum atomic E-state index is 12.7. The standard InChI is InChI=1S/C12H10F3N5S/c13-12(14,15)10-17-18-11-20(10)19-9(21-11)8(16)6-7-4-2-1-3-5-7/h1-5,8H,6,16H2. The zero-order chi connectivity index (χ0) is 15.0. The molecule has 0 fully saturated rings. The average Bonchev–Trinajstić information content (AvgIpc) is 2.97. The van der Waals surface area contributed by atoms with Gasteiger partial charge in [0.15, 0.2) is 0 Å². The van der Waals surface area contributed by atoms with Crippen LogP contribution in [0.1, 0.15) is 22.4 Å². The van der Waals surface area contributed by atoms with Crippen LogP contribution in [0.25, 0.3) is 4.96 Å². The number of rotatable bonds is 3. The van der Waals surface area contributed by atoms with Crippen molar-refractivity contribution in [2.45, 2.75) is 18.6 Å². The van der Waals surface area contributed by atoms with Crippen LogP contribution in [0.2, 0.25) is 0 Å². The number of hydrogen-bond acceptors (Lipinski definition) is 5. The van der Waals surface area contributed by atoms with Crippen LogP contribution in [0.5, 0.6) is 0 Å². The molecule has 1 aromatic carbocycles. The molecule has 1 atom stereocenters. The van der Waals surface area contributed by atoms with E-state index >= 15 is 0 Å². The van der Waals surface area contributed by atoms with Crippen molar-refractivity contribution in [1.29, 1.82) is 0 Å². The molecule has 0 aliphatic rings. The SMILES string of the molecule is NC(Cc1ccccc1)c1nn2c(C(F)(F)F)nnc2s1. The highest BCUT2D eigenvalue weighted by atomic mass is 32.1. The van der Waals surface area contributed by atoms with E-state index in [0.717, 1.165) is 16.9 Å². The Labute approximate surface area is 121 Å². The number of benzene rings is 1. The van der Waals surface area contributed by atoms with Crippen molar-refractivity contribution in [2.75, 3.05) is 0 Å². The monoisotopic (exact) mass is 313 g/mol. The number of nitrogens with two attached hydrogens (primary N) is 1. The van der Waals surface area contributed by atoms with E-state index in [0.29, 0.717) is 15.9 Å². The van der Waals surface area contributed by atoms with E-state index in [1.165, 1.54) is 0 Å². The molecule has 1 unspecified atom stereocenters. The Hall–Kier alpha value is -2.00. The normalized spacial score (nSPS) is 13.7. The fraction of sp³-hybridized carbons (Fsp3) is 0.250. The second-order valence-corrected chi connectivity index (χ2v) is 5.44. The second-order valence-electron chi connectivity index (χ2n) is 4.45. The molecule has 0 aliphatic carbocycles. The van der Waals surface area contributed by atoms with Crippen molar-refractivity contribution in [2.24, 2.45) is 5.73 Å². The minimum atomic E-state index is -4.59. The van der Waals surface area contributed by atoms with Crippen molar-refractivity contribution in [3.8, 4) is 0 Å². The molecule has 0 amide bonds. The van der Waals surface area contributed by atoms with Gasteiger partial charge < -0.3 is 5.73 Å². The smallest absolute Gasteiger partial charge is 0.322 e. The summed E-state index contributed by atoms with van der Waals surface area (Å²) in [5.41, 5.74) is 7.01. The van der Waals surface area contributed by atoms with Crippen molar-refractivity contribution in [3.05, 3.63) is 46.7 Å². The van der Waals surface area contributed by atoms with E-state index in [1.807, 2.05) is 30.3 Å². The van der Waals surface area contributed by atoms with Crippen LogP contribution in [0.4, 0.5) is 13.2 Å². The summed E-state index contributed by atoms with van der Waals surface area (Å²) in [6.45, 7) is 0. The first-order valence-electron chi connectivity index (χ1n) is 6.04. The highest BCUT2D eigenvalue weighted by Gasteiger charge is 2.38. The van der Waals surface area contributed by atoms with E-state index in [2.05, 4.69) is 15.3 Å². The molecule has 2 heterocycles. The van der Waals surface area contributed by atoms with E-state index in [1.54, 1.807) is 0 Å². The number of fused-ring (bicyclic) bond motifs is 1. The fourth-order valence-corrected chi connectivity index (χ4v) is 2.75. The van der Waals surface area contributed by atoms with Crippen molar-refractivity contribution in [3.63, 3.8) is 0 Å². The lowest BCUT2D eigenvalue weighted by atomic mass is 10.1. The van der Waals surface area contributed by atoms with Crippen LogP contribution in [-0.2, 0) is 12.6 Å². The zero-order valence-corrected chi connectivity index (χ0v) is 11.4. The van der Waals surface area contributed by atoms with Crippen molar-refractivity contribution < 1.29 is 13.2 Å². The molecule has 3 aromatic rings. The van der Waals surface area contributed by atoms with E-state index in [-0.39, 0.29) is 4.96 Å². The molecule has 0 aliphatic heterocycles. The molecule has 0 saturated heterocycles. The van der Waals surface area contributed by atoms with Gasteiger partial charge in [-0.3, -0.25) is 0 Å². The molecule has 0 bridgehead atoms. The van der Waals surface area contributed by atoms with Gasteiger partial charge in [-0.2, -0.15) is 22.8 Å². The van der Waals surface area contributed by atoms with E-state index in [9.17, 15) is 13.2 Å². The van der Waals surface area contributed by atoms with Gasteiger partial charge in [0.05, 0.1) is 6.04 Å². The molecule has 9 heteroatoms. The van der Waals surface area contributed by atoms with Gasteiger partial charge in [-0.05, 0) is 12.0 Å². The number of nitrogens with zero attached hydrogens (tertiary/aromatic N) is 4. The summed E-state index contributed by atoms with van der Waals surface area (Å²) in [6.07, 6.45) is -4.10. The van der Waals surface area contributed by atoms with Crippen LogP contribution in [0.3, 0.4) is 0 Å². The van der Waals surface area contributed by atoms with Gasteiger partial charge >= 0.3 is 6.18 Å². The Morgan fingerprint density at radius 3 is 2.57 bits per heavy atom. The number of hydrogen-bond donors (Lipinski definition) is 1. The van der Waals surface area contributed by atoms with E-state index in [4.69, 9.17) is 5.73 Å². The Bertz CT molecular complexity index is 749. The molecule has 0 saturated carbocycles. The molecule has 0 radical (unpaired) electrons. The average molecular weight is 313 g/mol. The van der Waals surface area contributed by atoms with E-state index < -0.39 is 18.0 Å². The van der Waals surface area contributed by atoms with Crippen LogP contribution < -0.4 is 5.73 Å². The van der Waals surface area contributed by atoms with Crippen molar-refractivity contribution >= 4 is 16.3 Å². The summed E-state index contributed by atoms with van der Waals surface area (Å²) in [6, 6.07) is 8.96. The lowest BCUT2D eigenvalue weighted by Crippen LogP contribution is -2.15. The highest BCUT2D eigenvalue weighted by Crippen LogP contribution is 2.30. The summed E-state index contributed by atoms with van der Waals surface area (Å²) in [5, 5.41) is 10.9. The minimum absolute atomic E-state index is 0.0841. The van der Waals surface area contributed by atoms with Gasteiger partial charge in [0.25, 0.3) is 5.82 Å². The second kappa shape index (κ2) is 5.08. The quantitative estimate of drug-likeness (QED) is 0.806. The third-order valence-corrected chi connectivity index (χ3v) is 3.91. The summed E-state index contributed by atoms with van der Waals surface area (Å²) >= 11 is 1.01. The molecule has 3 rings (SSSR count). The largest absolute Gasteiger partial charge is 0.453 e. The molecule has 110 valence electrons. The summed E-state index contributed by atoms with van der Waals surface area (Å²) in [4.78, 5) is 0.0841. The number of halogens is 3. The Kier molecular flexibility index (Phi) is 3.38. The molecule has 2 N–H and O–H groups in total. The number of alkyl halides is 3. The Morgan fingerprint density at radius 1 is 1.19 bits per heavy atom. The highest BCUT2D eigenvalue weighted by molar-refractivity contribution is 7.16. The van der Waals surface area contributed by atoms with Crippen LogP contribution in [-0.4, -0.2) is 19.8 Å². The van der Waals surface area contributed by atoms with Crippen LogP contribution >= 0.6 is 11.3 Å². The first-order chi connectivity index (χ1) is 9.95. The fourth-order valence-electron chi connectivity index (χ4n) is 1.91. The van der Waals surface area contributed by atoms with Crippen LogP contribution in [0, 0.1) is 0 Å². The topological polar surface area (TPSA) is 69.1 Å². The first-order valence-corrected chi connectivity index (χ1v) is 6.85. The first kappa shape index (κ1) is 14.0. The summed E-state index contributed by atoms with van der Waals surface area (Å²) < 4.78 is 38.9. The lowest BCUT2D eigenvalue weighted by molar-refractivity contribution is -0.146. The molecule has 21 heavy (non-hydrogen) atoms. The molecule has 5 nitrogen and oxygen atoms in total. The van der Waals surface area contributed by atoms with Gasteiger partial charge in [0, 0.05) is 0 Å². The third-order valence-electron chi connectivity index (χ3n) is 2.88. The Morgan fingerprint density at radius 2 is 1.90 bits per heavy atom. The van der Waals surface area contributed by atoms with Crippen molar-refractivity contribution in [1.82, 2.24) is 19.8 Å². The predicted octanol–water partition coefficient (Wildman–Crippen LogP) is 2.45. The molecule has 2 aromatic heterocycles. The van der Waals surface area contributed by atoms with Gasteiger partial charge in [-0.15, -0.1) is 10.2 Å². The van der Waals surface area contributed by atoms with Gasteiger partial charge in [-0.1, -0.05) is 41.7 Å². The maximum Gasteiger partial charge on any atom is 0.453 e. The summed E-state index contributed by atoms with van der Waals surface area (Å²) in [5.74, 6) is -1.13. The molecular weight excluding hydrogens is 303 g/mol. The zero-order valence-electron chi connectivity index (χ0n) is 10.6. The third kappa shape index (κ3) is 2.74. The maximum absolute atomic E-state index is 12.7. The lowest BCUT2D eigenvalue weighted by Gasteiger charge is -2.07. The number of aromatic nitrogens is 4.